The van der Waals surface area contributed by atoms with E-state index < -0.39 is 0 Å². The summed E-state index contributed by atoms with van der Waals surface area (Å²) in [4.78, 5) is 19.8. The van der Waals surface area contributed by atoms with Gasteiger partial charge >= 0.3 is 0 Å². The monoisotopic (exact) mass is 475 g/mol. The maximum Gasteiger partial charge on any atom is 0.227 e. The van der Waals surface area contributed by atoms with Crippen LogP contribution in [0.15, 0.2) is 72.8 Å². The number of anilines is 1. The van der Waals surface area contributed by atoms with Crippen LogP contribution in [0.5, 0.6) is 11.5 Å². The Morgan fingerprint density at radius 1 is 1.00 bits per heavy atom. The minimum Gasteiger partial charge on any atom is -0.492 e. The maximum absolute atomic E-state index is 13.1. The number of carbonyl (C=O) groups is 1. The van der Waals surface area contributed by atoms with Crippen LogP contribution in [0.3, 0.4) is 0 Å². The first-order valence-corrected chi connectivity index (χ1v) is 11.9. The third kappa shape index (κ3) is 4.46. The van der Waals surface area contributed by atoms with Gasteiger partial charge in [0, 0.05) is 23.9 Å². The minimum absolute atomic E-state index is 0.0230. The predicted molar refractivity (Wildman–Crippen MR) is 134 cm³/mol. The molecule has 0 bridgehead atoms. The number of ether oxygens (including phenoxy) is 2. The number of amides is 1. The smallest absolute Gasteiger partial charge is 0.227 e. The highest BCUT2D eigenvalue weighted by Crippen LogP contribution is 2.37. The number of nitrogens with zero attached hydrogens (tertiary/aromatic N) is 3. The van der Waals surface area contributed by atoms with Crippen LogP contribution in [0, 0.1) is 0 Å². The zero-order valence-corrected chi connectivity index (χ0v) is 19.7. The van der Waals surface area contributed by atoms with Crippen molar-refractivity contribution in [1.29, 1.82) is 0 Å². The SMILES string of the molecule is CCOc1ccccc1N1C[C@@H](c2nc3ccccc3n2CCOc2ccc(Cl)cc2)CC1=O. The molecule has 7 heteroatoms. The summed E-state index contributed by atoms with van der Waals surface area (Å²) in [5.41, 5.74) is 2.77. The van der Waals surface area contributed by atoms with Gasteiger partial charge in [-0.15, -0.1) is 0 Å². The molecule has 3 aromatic carbocycles. The Kier molecular flexibility index (Phi) is 6.41. The number of aromatic nitrogens is 2. The summed E-state index contributed by atoms with van der Waals surface area (Å²) >= 11 is 5.97. The second-order valence-electron chi connectivity index (χ2n) is 8.22. The molecule has 1 atom stereocenters. The van der Waals surface area contributed by atoms with Crippen LogP contribution in [-0.2, 0) is 11.3 Å². The van der Waals surface area contributed by atoms with E-state index in [0.29, 0.717) is 37.7 Å². The van der Waals surface area contributed by atoms with Crippen LogP contribution in [-0.4, -0.2) is 35.2 Å². The minimum atomic E-state index is -0.0230. The van der Waals surface area contributed by atoms with Gasteiger partial charge in [0.15, 0.2) is 0 Å². The molecule has 0 N–H and O–H groups in total. The van der Waals surface area contributed by atoms with E-state index in [9.17, 15) is 4.79 Å². The first kappa shape index (κ1) is 22.3. The van der Waals surface area contributed by atoms with Crippen LogP contribution >= 0.6 is 11.6 Å². The lowest BCUT2D eigenvalue weighted by Gasteiger charge is -2.20. The molecule has 1 aliphatic rings. The number of benzene rings is 3. The van der Waals surface area contributed by atoms with Crippen LogP contribution in [0.2, 0.25) is 5.02 Å². The summed E-state index contributed by atoms with van der Waals surface area (Å²) in [6.07, 6.45) is 0.405. The van der Waals surface area contributed by atoms with Gasteiger partial charge in [-0.05, 0) is 55.5 Å². The van der Waals surface area contributed by atoms with E-state index in [1.807, 2.05) is 78.6 Å². The Balaban J connectivity index is 1.40. The van der Waals surface area contributed by atoms with Crippen molar-refractivity contribution >= 4 is 34.2 Å². The number of halogens is 1. The van der Waals surface area contributed by atoms with Crippen molar-refractivity contribution < 1.29 is 14.3 Å². The number of hydrogen-bond acceptors (Lipinski definition) is 4. The van der Waals surface area contributed by atoms with Crippen molar-refractivity contribution in [2.75, 3.05) is 24.7 Å². The van der Waals surface area contributed by atoms with E-state index in [1.165, 1.54) is 0 Å². The molecule has 34 heavy (non-hydrogen) atoms. The van der Waals surface area contributed by atoms with Gasteiger partial charge in [0.1, 0.15) is 23.9 Å². The molecule has 0 aliphatic carbocycles. The largest absolute Gasteiger partial charge is 0.492 e. The number of para-hydroxylation sites is 4. The third-order valence-electron chi connectivity index (χ3n) is 6.03. The zero-order chi connectivity index (χ0) is 23.5. The van der Waals surface area contributed by atoms with Crippen LogP contribution < -0.4 is 14.4 Å². The lowest BCUT2D eigenvalue weighted by atomic mass is 10.1. The van der Waals surface area contributed by atoms with Gasteiger partial charge in [0.25, 0.3) is 0 Å². The number of hydrogen-bond donors (Lipinski definition) is 0. The zero-order valence-electron chi connectivity index (χ0n) is 19.0. The topological polar surface area (TPSA) is 56.6 Å². The lowest BCUT2D eigenvalue weighted by molar-refractivity contribution is -0.117. The first-order chi connectivity index (χ1) is 16.6. The van der Waals surface area contributed by atoms with Crippen molar-refractivity contribution in [3.05, 3.63) is 83.6 Å². The molecule has 1 amide bonds. The van der Waals surface area contributed by atoms with Crippen molar-refractivity contribution in [2.45, 2.75) is 25.8 Å². The Morgan fingerprint density at radius 3 is 2.59 bits per heavy atom. The van der Waals surface area contributed by atoms with Crippen LogP contribution in [0.1, 0.15) is 25.1 Å². The number of fused-ring (bicyclic) bond motifs is 1. The summed E-state index contributed by atoms with van der Waals surface area (Å²) in [5, 5.41) is 0.677. The van der Waals surface area contributed by atoms with Crippen LogP contribution in [0.25, 0.3) is 11.0 Å². The lowest BCUT2D eigenvalue weighted by Crippen LogP contribution is -2.25. The van der Waals surface area contributed by atoms with Crippen molar-refractivity contribution in [3.63, 3.8) is 0 Å². The standard InChI is InChI=1S/C27H26ClN3O3/c1-2-33-25-10-6-5-9-24(25)31-18-19(17-26(31)32)27-29-22-7-3-4-8-23(22)30(27)15-16-34-21-13-11-20(28)12-14-21/h3-14,19H,2,15-18H2,1H3/t19-/m0/s1. The molecule has 174 valence electrons. The molecule has 0 spiro atoms. The van der Waals surface area contributed by atoms with Gasteiger partial charge in [0.2, 0.25) is 5.91 Å². The van der Waals surface area contributed by atoms with E-state index in [1.54, 1.807) is 0 Å². The summed E-state index contributed by atoms with van der Waals surface area (Å²) in [5.74, 6) is 2.46. The second kappa shape index (κ2) is 9.77. The molecule has 0 unspecified atom stereocenters. The molecule has 6 nitrogen and oxygen atoms in total. The van der Waals surface area contributed by atoms with E-state index in [2.05, 4.69) is 10.6 Å². The van der Waals surface area contributed by atoms with Gasteiger partial charge in [-0.25, -0.2) is 4.98 Å². The Labute approximate surface area is 203 Å². The van der Waals surface area contributed by atoms with Crippen molar-refractivity contribution in [1.82, 2.24) is 9.55 Å². The highest BCUT2D eigenvalue weighted by atomic mass is 35.5. The molecule has 1 saturated heterocycles. The molecule has 4 aromatic rings. The van der Waals surface area contributed by atoms with Gasteiger partial charge in [-0.3, -0.25) is 4.79 Å². The first-order valence-electron chi connectivity index (χ1n) is 11.5. The Morgan fingerprint density at radius 2 is 1.76 bits per heavy atom. The fourth-order valence-corrected chi connectivity index (χ4v) is 4.62. The summed E-state index contributed by atoms with van der Waals surface area (Å²) < 4.78 is 13.9. The quantitative estimate of drug-likeness (QED) is 0.328. The van der Waals surface area contributed by atoms with E-state index in [0.717, 1.165) is 34.0 Å². The molecule has 1 aromatic heterocycles. The number of imidazole rings is 1. The molecule has 1 fully saturated rings. The molecular formula is C27H26ClN3O3. The summed E-state index contributed by atoms with van der Waals surface area (Å²) in [7, 11) is 0. The Hall–Kier alpha value is -3.51. The van der Waals surface area contributed by atoms with Gasteiger partial charge in [-0.1, -0.05) is 35.9 Å². The molecular weight excluding hydrogens is 450 g/mol. The van der Waals surface area contributed by atoms with E-state index in [-0.39, 0.29) is 11.8 Å². The Bertz CT molecular complexity index is 1300. The van der Waals surface area contributed by atoms with E-state index in [4.69, 9.17) is 26.1 Å². The fraction of sp³-hybridized carbons (Fsp3) is 0.259. The van der Waals surface area contributed by atoms with Gasteiger partial charge in [0.05, 0.1) is 29.9 Å². The predicted octanol–water partition coefficient (Wildman–Crippen LogP) is 5.69. The summed E-state index contributed by atoms with van der Waals surface area (Å²) in [6.45, 7) is 4.15. The molecule has 2 heterocycles. The maximum atomic E-state index is 13.1. The average Bonchev–Trinajstić information content (AvgIpc) is 3.41. The third-order valence-corrected chi connectivity index (χ3v) is 6.28. The normalized spacial score (nSPS) is 15.8. The fourth-order valence-electron chi connectivity index (χ4n) is 4.50. The molecule has 0 radical (unpaired) electrons. The highest BCUT2D eigenvalue weighted by molar-refractivity contribution is 6.30. The van der Waals surface area contributed by atoms with E-state index >= 15 is 0 Å². The van der Waals surface area contributed by atoms with Crippen LogP contribution in [0.4, 0.5) is 5.69 Å². The molecule has 5 rings (SSSR count). The average molecular weight is 476 g/mol. The highest BCUT2D eigenvalue weighted by Gasteiger charge is 2.36. The van der Waals surface area contributed by atoms with Gasteiger partial charge in [-0.2, -0.15) is 0 Å². The molecule has 0 saturated carbocycles. The number of carbonyl (C=O) groups excluding carboxylic acids is 1. The number of rotatable bonds is 8. The second-order valence-corrected chi connectivity index (χ2v) is 8.66. The van der Waals surface area contributed by atoms with Crippen molar-refractivity contribution in [3.8, 4) is 11.5 Å². The van der Waals surface area contributed by atoms with Gasteiger partial charge < -0.3 is 18.9 Å². The van der Waals surface area contributed by atoms with Crippen molar-refractivity contribution in [2.24, 2.45) is 0 Å². The summed E-state index contributed by atoms with van der Waals surface area (Å²) in [6, 6.07) is 23.1. The molecule has 1 aliphatic heterocycles.